The number of hydrogen-bond acceptors (Lipinski definition) is 4. The third-order valence-corrected chi connectivity index (χ3v) is 5.53. The molecule has 8 heteroatoms. The summed E-state index contributed by atoms with van der Waals surface area (Å²) in [5.74, 6) is -0.305. The summed E-state index contributed by atoms with van der Waals surface area (Å²) >= 11 is 1.54. The number of rotatable bonds is 7. The van der Waals surface area contributed by atoms with Gasteiger partial charge in [0.15, 0.2) is 0 Å². The van der Waals surface area contributed by atoms with Gasteiger partial charge in [0.1, 0.15) is 18.5 Å². The zero-order valence-corrected chi connectivity index (χ0v) is 16.8. The van der Waals surface area contributed by atoms with Crippen molar-refractivity contribution in [1.82, 2.24) is 25.4 Å². The number of benzene rings is 2. The summed E-state index contributed by atoms with van der Waals surface area (Å²) < 4.78 is 15.0. The smallest absolute Gasteiger partial charge is 0.315 e. The predicted octanol–water partition coefficient (Wildman–Crippen LogP) is 4.12. The zero-order valence-electron chi connectivity index (χ0n) is 16.0. The quantitative estimate of drug-likeness (QED) is 0.472. The molecule has 0 bridgehead atoms. The van der Waals surface area contributed by atoms with E-state index >= 15 is 0 Å². The third kappa shape index (κ3) is 5.09. The monoisotopic (exact) mass is 421 g/mol. The number of nitrogens with one attached hydrogen (secondary N) is 2. The Morgan fingerprint density at radius 3 is 2.50 bits per heavy atom. The first kappa shape index (κ1) is 19.8. The van der Waals surface area contributed by atoms with Crippen molar-refractivity contribution in [2.45, 2.75) is 19.1 Å². The zero-order chi connectivity index (χ0) is 20.8. The van der Waals surface area contributed by atoms with Gasteiger partial charge in [-0.3, -0.25) is 0 Å². The number of hydrogen-bond donors (Lipinski definition) is 2. The highest BCUT2D eigenvalue weighted by Crippen LogP contribution is 2.26. The molecule has 2 amide bonds. The van der Waals surface area contributed by atoms with Gasteiger partial charge in [0.2, 0.25) is 0 Å². The maximum atomic E-state index is 13.3. The molecule has 0 saturated carbocycles. The van der Waals surface area contributed by atoms with Crippen molar-refractivity contribution in [3.8, 4) is 0 Å². The fourth-order valence-corrected chi connectivity index (χ4v) is 3.86. The highest BCUT2D eigenvalue weighted by atomic mass is 32.1. The molecule has 4 aromatic rings. The Labute approximate surface area is 177 Å². The van der Waals surface area contributed by atoms with Gasteiger partial charge in [-0.15, -0.1) is 11.3 Å². The van der Waals surface area contributed by atoms with E-state index in [2.05, 4.69) is 20.7 Å². The number of thiophene rings is 1. The molecule has 0 aliphatic heterocycles. The average molecular weight is 422 g/mol. The van der Waals surface area contributed by atoms with Gasteiger partial charge in [0.25, 0.3) is 0 Å². The molecule has 2 aromatic carbocycles. The summed E-state index contributed by atoms with van der Waals surface area (Å²) in [6, 6.07) is 17.4. The van der Waals surface area contributed by atoms with Gasteiger partial charge in [-0.25, -0.2) is 18.9 Å². The molecule has 2 heterocycles. The molecule has 152 valence electrons. The number of amides is 2. The second-order valence-corrected chi connectivity index (χ2v) is 7.72. The van der Waals surface area contributed by atoms with Gasteiger partial charge in [-0.05, 0) is 40.3 Å². The summed E-state index contributed by atoms with van der Waals surface area (Å²) in [5, 5.41) is 11.9. The van der Waals surface area contributed by atoms with Crippen molar-refractivity contribution in [3.63, 3.8) is 0 Å². The number of urea groups is 1. The van der Waals surface area contributed by atoms with Crippen LogP contribution in [-0.4, -0.2) is 20.8 Å². The number of carbonyl (C=O) groups excluding carboxylic acids is 1. The molecule has 4 rings (SSSR count). The normalized spacial score (nSPS) is 11.8. The van der Waals surface area contributed by atoms with Gasteiger partial charge in [-0.1, -0.05) is 42.5 Å². The van der Waals surface area contributed by atoms with Crippen LogP contribution in [0.4, 0.5) is 9.18 Å². The Kier molecular flexibility index (Phi) is 6.14. The summed E-state index contributed by atoms with van der Waals surface area (Å²) in [5.41, 5.74) is 2.91. The van der Waals surface area contributed by atoms with Crippen LogP contribution in [0.2, 0.25) is 0 Å². The SMILES string of the molecule is O=C(NCc1ccc(Cn2cncn2)cc1)N[C@@H](c1ccc(F)cc1)c1cccs1. The minimum absolute atomic E-state index is 0.288. The first-order valence-electron chi connectivity index (χ1n) is 9.41. The summed E-state index contributed by atoms with van der Waals surface area (Å²) in [6.07, 6.45) is 3.18. The molecule has 6 nitrogen and oxygen atoms in total. The maximum Gasteiger partial charge on any atom is 0.315 e. The lowest BCUT2D eigenvalue weighted by molar-refractivity contribution is 0.238. The predicted molar refractivity (Wildman–Crippen MR) is 113 cm³/mol. The largest absolute Gasteiger partial charge is 0.334 e. The summed E-state index contributed by atoms with van der Waals surface area (Å²) in [7, 11) is 0. The van der Waals surface area contributed by atoms with Crippen LogP contribution in [0.15, 0.2) is 78.7 Å². The van der Waals surface area contributed by atoms with Crippen molar-refractivity contribution < 1.29 is 9.18 Å². The first-order valence-corrected chi connectivity index (χ1v) is 10.3. The van der Waals surface area contributed by atoms with Crippen LogP contribution in [0.25, 0.3) is 0 Å². The van der Waals surface area contributed by atoms with Gasteiger partial charge < -0.3 is 10.6 Å². The van der Waals surface area contributed by atoms with Gasteiger partial charge >= 0.3 is 6.03 Å². The molecule has 0 spiro atoms. The highest BCUT2D eigenvalue weighted by Gasteiger charge is 2.18. The van der Waals surface area contributed by atoms with Crippen LogP contribution in [0.3, 0.4) is 0 Å². The second-order valence-electron chi connectivity index (χ2n) is 6.74. The van der Waals surface area contributed by atoms with Gasteiger partial charge in [0.05, 0.1) is 12.6 Å². The van der Waals surface area contributed by atoms with Crippen LogP contribution < -0.4 is 10.6 Å². The molecule has 0 fully saturated rings. The number of aromatic nitrogens is 3. The van der Waals surface area contributed by atoms with E-state index in [4.69, 9.17) is 0 Å². The van der Waals surface area contributed by atoms with Gasteiger partial charge in [0, 0.05) is 11.4 Å². The fraction of sp³-hybridized carbons (Fsp3) is 0.136. The first-order chi connectivity index (χ1) is 14.7. The Balaban J connectivity index is 1.36. The Hall–Kier alpha value is -3.52. The van der Waals surface area contributed by atoms with Crippen molar-refractivity contribution in [3.05, 3.63) is 106 Å². The summed E-state index contributed by atoms with van der Waals surface area (Å²) in [4.78, 5) is 17.4. The van der Waals surface area contributed by atoms with E-state index in [1.807, 2.05) is 41.8 Å². The standard InChI is InChI=1S/C22H20FN5OS/c23-19-9-7-18(8-10-19)21(20-2-1-11-30-20)27-22(29)25-12-16-3-5-17(6-4-16)13-28-15-24-14-26-28/h1-11,14-15,21H,12-13H2,(H2,25,27,29)/t21-/m0/s1. The van der Waals surface area contributed by atoms with E-state index < -0.39 is 0 Å². The van der Waals surface area contributed by atoms with Crippen molar-refractivity contribution in [2.75, 3.05) is 0 Å². The van der Waals surface area contributed by atoms with E-state index in [0.29, 0.717) is 13.1 Å². The van der Waals surface area contributed by atoms with E-state index in [1.165, 1.54) is 18.5 Å². The van der Waals surface area contributed by atoms with E-state index in [9.17, 15) is 9.18 Å². The van der Waals surface area contributed by atoms with Crippen LogP contribution >= 0.6 is 11.3 Å². The molecule has 0 aliphatic rings. The van der Waals surface area contributed by atoms with Crippen LogP contribution in [-0.2, 0) is 13.1 Å². The maximum absolute atomic E-state index is 13.3. The topological polar surface area (TPSA) is 71.8 Å². The van der Waals surface area contributed by atoms with Crippen molar-refractivity contribution in [1.29, 1.82) is 0 Å². The lowest BCUT2D eigenvalue weighted by atomic mass is 10.1. The second kappa shape index (κ2) is 9.32. The molecule has 1 atom stereocenters. The molecule has 30 heavy (non-hydrogen) atoms. The van der Waals surface area contributed by atoms with Crippen LogP contribution in [0.1, 0.15) is 27.6 Å². The number of halogens is 1. The lowest BCUT2D eigenvalue weighted by Crippen LogP contribution is -2.37. The number of carbonyl (C=O) groups is 1. The van der Waals surface area contributed by atoms with E-state index in [1.54, 1.807) is 34.5 Å². The molecule has 2 N–H and O–H groups in total. The third-order valence-electron chi connectivity index (χ3n) is 4.59. The molecule has 2 aromatic heterocycles. The van der Waals surface area contributed by atoms with Gasteiger partial charge in [-0.2, -0.15) is 5.10 Å². The van der Waals surface area contributed by atoms with Crippen LogP contribution in [0.5, 0.6) is 0 Å². The van der Waals surface area contributed by atoms with E-state index in [0.717, 1.165) is 21.6 Å². The summed E-state index contributed by atoms with van der Waals surface area (Å²) in [6.45, 7) is 1.05. The van der Waals surface area contributed by atoms with Crippen LogP contribution in [0, 0.1) is 5.82 Å². The minimum atomic E-state index is -0.337. The Morgan fingerprint density at radius 2 is 1.83 bits per heavy atom. The average Bonchev–Trinajstić information content (AvgIpc) is 3.47. The molecule has 0 aliphatic carbocycles. The van der Waals surface area contributed by atoms with E-state index in [-0.39, 0.29) is 17.9 Å². The molecular formula is C22H20FN5OS. The Bertz CT molecular complexity index is 1060. The Morgan fingerprint density at radius 1 is 1.07 bits per heavy atom. The molecular weight excluding hydrogens is 401 g/mol. The number of nitrogens with zero attached hydrogens (tertiary/aromatic N) is 3. The molecule has 0 unspecified atom stereocenters. The van der Waals surface area contributed by atoms with Crippen molar-refractivity contribution in [2.24, 2.45) is 0 Å². The molecule has 0 saturated heterocycles. The van der Waals surface area contributed by atoms with Crippen molar-refractivity contribution >= 4 is 17.4 Å². The fourth-order valence-electron chi connectivity index (χ4n) is 3.06. The lowest BCUT2D eigenvalue weighted by Gasteiger charge is -2.18. The molecule has 0 radical (unpaired) electrons. The minimum Gasteiger partial charge on any atom is -0.334 e. The highest BCUT2D eigenvalue weighted by molar-refractivity contribution is 7.10.